The van der Waals surface area contributed by atoms with Crippen LogP contribution in [-0.4, -0.2) is 41.9 Å². The first-order valence-electron chi connectivity index (χ1n) is 7.82. The van der Waals surface area contributed by atoms with Crippen molar-refractivity contribution in [2.75, 3.05) is 7.11 Å². The number of rotatable bonds is 7. The van der Waals surface area contributed by atoms with Crippen LogP contribution >= 0.6 is 0 Å². The van der Waals surface area contributed by atoms with Gasteiger partial charge in [0.1, 0.15) is 0 Å². The minimum atomic E-state index is -1.68. The van der Waals surface area contributed by atoms with Crippen LogP contribution in [0.2, 0.25) is 0 Å². The molecule has 0 spiro atoms. The number of benzene rings is 1. The molecule has 1 saturated carbocycles. The Morgan fingerprint density at radius 1 is 1.12 bits per heavy atom. The second-order valence-corrected chi connectivity index (χ2v) is 5.73. The minimum Gasteiger partial charge on any atom is -0.475 e. The second-order valence-electron chi connectivity index (χ2n) is 5.73. The molecule has 0 amide bonds. The SMILES string of the molecule is CO[C@H]1CC[C@@H](C(=O)C(/N=N/c2ccccc2)C(=O)C(=O)O)CC1. The standard InChI is InChI=1S/C17H20N2O5/c1-24-13-9-7-11(8-10-13)15(20)14(16(21)17(22)23)19-18-12-5-3-2-4-6-12/h2-6,11,13-14H,7-10H2,1H3,(H,22,23)/b19-18+/t11-,13+,14?. The molecule has 0 saturated heterocycles. The molecule has 0 heterocycles. The summed E-state index contributed by atoms with van der Waals surface area (Å²) in [5, 5.41) is 16.5. The van der Waals surface area contributed by atoms with E-state index in [4.69, 9.17) is 9.84 Å². The average Bonchev–Trinajstić information content (AvgIpc) is 2.62. The van der Waals surface area contributed by atoms with Crippen LogP contribution in [0.4, 0.5) is 5.69 Å². The molecule has 1 N–H and O–H groups in total. The lowest BCUT2D eigenvalue weighted by atomic mass is 9.82. The number of ether oxygens (including phenoxy) is 1. The number of nitrogens with zero attached hydrogens (tertiary/aromatic N) is 2. The number of carboxylic acids is 1. The Hall–Kier alpha value is -2.41. The van der Waals surface area contributed by atoms with Crippen LogP contribution < -0.4 is 0 Å². The van der Waals surface area contributed by atoms with Crippen LogP contribution in [0, 0.1) is 5.92 Å². The first kappa shape index (κ1) is 17.9. The Balaban J connectivity index is 2.14. The maximum atomic E-state index is 12.6. The van der Waals surface area contributed by atoms with E-state index in [2.05, 4.69) is 10.2 Å². The topological polar surface area (TPSA) is 105 Å². The number of hydrogen-bond donors (Lipinski definition) is 1. The van der Waals surface area contributed by atoms with E-state index in [1.165, 1.54) is 0 Å². The molecule has 1 atom stereocenters. The second kappa shape index (κ2) is 8.44. The third-order valence-corrected chi connectivity index (χ3v) is 4.18. The summed E-state index contributed by atoms with van der Waals surface area (Å²) in [7, 11) is 1.62. The zero-order valence-corrected chi connectivity index (χ0v) is 13.4. The van der Waals surface area contributed by atoms with Gasteiger partial charge in [-0.1, -0.05) is 18.2 Å². The summed E-state index contributed by atoms with van der Waals surface area (Å²) in [5.74, 6) is -3.78. The summed E-state index contributed by atoms with van der Waals surface area (Å²) >= 11 is 0. The van der Waals surface area contributed by atoms with Gasteiger partial charge in [0, 0.05) is 13.0 Å². The van der Waals surface area contributed by atoms with Crippen molar-refractivity contribution in [3.8, 4) is 0 Å². The van der Waals surface area contributed by atoms with Gasteiger partial charge in [-0.15, -0.1) is 0 Å². The number of Topliss-reactive ketones (excluding diaryl/α,β-unsaturated/α-hetero) is 2. The number of hydrogen-bond acceptors (Lipinski definition) is 6. The molecule has 0 radical (unpaired) electrons. The summed E-state index contributed by atoms with van der Waals surface area (Å²) < 4.78 is 5.26. The maximum absolute atomic E-state index is 12.6. The normalized spacial score (nSPS) is 22.2. The maximum Gasteiger partial charge on any atom is 0.375 e. The highest BCUT2D eigenvalue weighted by Gasteiger charge is 2.37. The van der Waals surface area contributed by atoms with Gasteiger partial charge in [0.25, 0.3) is 5.78 Å². The van der Waals surface area contributed by atoms with E-state index < -0.39 is 23.6 Å². The molecule has 24 heavy (non-hydrogen) atoms. The van der Waals surface area contributed by atoms with Crippen LogP contribution in [-0.2, 0) is 19.1 Å². The molecule has 1 aliphatic carbocycles. The highest BCUT2D eigenvalue weighted by atomic mass is 16.5. The smallest absolute Gasteiger partial charge is 0.375 e. The zero-order chi connectivity index (χ0) is 17.5. The Labute approximate surface area is 139 Å². The average molecular weight is 332 g/mol. The van der Waals surface area contributed by atoms with Crippen molar-refractivity contribution in [1.29, 1.82) is 0 Å². The van der Waals surface area contributed by atoms with Gasteiger partial charge in [0.05, 0.1) is 11.8 Å². The van der Waals surface area contributed by atoms with Crippen molar-refractivity contribution < 1.29 is 24.2 Å². The molecule has 0 aliphatic heterocycles. The van der Waals surface area contributed by atoms with Crippen molar-refractivity contribution in [3.05, 3.63) is 30.3 Å². The van der Waals surface area contributed by atoms with Gasteiger partial charge >= 0.3 is 5.97 Å². The molecule has 1 fully saturated rings. The van der Waals surface area contributed by atoms with Gasteiger partial charge in [0.15, 0.2) is 11.8 Å². The van der Waals surface area contributed by atoms with Crippen molar-refractivity contribution in [2.45, 2.75) is 37.8 Å². The van der Waals surface area contributed by atoms with Crippen molar-refractivity contribution >= 4 is 23.2 Å². The zero-order valence-electron chi connectivity index (χ0n) is 13.4. The molecule has 7 heteroatoms. The summed E-state index contributed by atoms with van der Waals surface area (Å²) in [6.45, 7) is 0. The summed E-state index contributed by atoms with van der Waals surface area (Å²) in [4.78, 5) is 35.5. The predicted molar refractivity (Wildman–Crippen MR) is 85.2 cm³/mol. The quantitative estimate of drug-likeness (QED) is 0.469. The summed E-state index contributed by atoms with van der Waals surface area (Å²) in [6, 6.07) is 6.97. The highest BCUT2D eigenvalue weighted by Crippen LogP contribution is 2.28. The van der Waals surface area contributed by atoms with E-state index in [0.29, 0.717) is 31.4 Å². The van der Waals surface area contributed by atoms with Crippen LogP contribution in [0.25, 0.3) is 0 Å². The third-order valence-electron chi connectivity index (χ3n) is 4.18. The van der Waals surface area contributed by atoms with Crippen LogP contribution in [0.5, 0.6) is 0 Å². The van der Waals surface area contributed by atoms with E-state index in [0.717, 1.165) is 0 Å². The van der Waals surface area contributed by atoms with Crippen LogP contribution in [0.15, 0.2) is 40.6 Å². The molecular weight excluding hydrogens is 312 g/mol. The fraction of sp³-hybridized carbons (Fsp3) is 0.471. The van der Waals surface area contributed by atoms with Gasteiger partial charge in [-0.3, -0.25) is 9.59 Å². The van der Waals surface area contributed by atoms with Gasteiger partial charge in [-0.25, -0.2) is 4.79 Å². The summed E-state index contributed by atoms with van der Waals surface area (Å²) in [5.41, 5.74) is 0.455. The molecule has 128 valence electrons. The van der Waals surface area contributed by atoms with Crippen molar-refractivity contribution in [2.24, 2.45) is 16.1 Å². The van der Waals surface area contributed by atoms with Crippen LogP contribution in [0.3, 0.4) is 0 Å². The number of aliphatic carboxylic acids is 1. The third kappa shape index (κ3) is 4.55. The lowest BCUT2D eigenvalue weighted by Gasteiger charge is -2.27. The van der Waals surface area contributed by atoms with Gasteiger partial charge < -0.3 is 9.84 Å². The number of azo groups is 1. The Morgan fingerprint density at radius 3 is 2.29 bits per heavy atom. The number of carbonyl (C=O) groups excluding carboxylic acids is 2. The monoisotopic (exact) mass is 332 g/mol. The van der Waals surface area contributed by atoms with Crippen LogP contribution in [0.1, 0.15) is 25.7 Å². The van der Waals surface area contributed by atoms with Gasteiger partial charge in [0.2, 0.25) is 0 Å². The number of ketones is 2. The molecule has 1 unspecified atom stereocenters. The minimum absolute atomic E-state index is 0.105. The van der Waals surface area contributed by atoms with Gasteiger partial charge in [-0.05, 0) is 37.8 Å². The van der Waals surface area contributed by atoms with Crippen molar-refractivity contribution in [1.82, 2.24) is 0 Å². The molecule has 2 rings (SSSR count). The molecular formula is C17H20N2O5. The highest BCUT2D eigenvalue weighted by molar-refractivity contribution is 6.39. The predicted octanol–water partition coefficient (Wildman–Crippen LogP) is 2.57. The Kier molecular flexibility index (Phi) is 6.31. The number of methoxy groups -OCH3 is 1. The molecule has 0 bridgehead atoms. The lowest BCUT2D eigenvalue weighted by molar-refractivity contribution is -0.151. The largest absolute Gasteiger partial charge is 0.475 e. The number of carboxylic acid groups (broad SMARTS) is 1. The molecule has 1 aliphatic rings. The Bertz CT molecular complexity index is 621. The van der Waals surface area contributed by atoms with E-state index in [-0.39, 0.29) is 12.0 Å². The molecule has 7 nitrogen and oxygen atoms in total. The first-order valence-corrected chi connectivity index (χ1v) is 7.82. The first-order chi connectivity index (χ1) is 11.5. The Morgan fingerprint density at radius 2 is 1.75 bits per heavy atom. The van der Waals surface area contributed by atoms with E-state index in [1.807, 2.05) is 0 Å². The summed E-state index contributed by atoms with van der Waals surface area (Å²) in [6.07, 6.45) is 2.63. The van der Waals surface area contributed by atoms with E-state index in [1.54, 1.807) is 37.4 Å². The molecule has 1 aromatic rings. The van der Waals surface area contributed by atoms with Crippen molar-refractivity contribution in [3.63, 3.8) is 0 Å². The lowest BCUT2D eigenvalue weighted by Crippen LogP contribution is -2.39. The van der Waals surface area contributed by atoms with E-state index >= 15 is 0 Å². The van der Waals surface area contributed by atoms with Gasteiger partial charge in [-0.2, -0.15) is 10.2 Å². The number of carbonyl (C=O) groups is 3. The fourth-order valence-electron chi connectivity index (χ4n) is 2.78. The fourth-order valence-corrected chi connectivity index (χ4v) is 2.78. The molecule has 0 aromatic heterocycles. The van der Waals surface area contributed by atoms with E-state index in [9.17, 15) is 14.4 Å². The molecule has 1 aromatic carbocycles.